The van der Waals surface area contributed by atoms with Crippen molar-refractivity contribution in [2.45, 2.75) is 26.0 Å². The molecule has 1 aromatic carbocycles. The van der Waals surface area contributed by atoms with Crippen molar-refractivity contribution < 1.29 is 17.7 Å². The summed E-state index contributed by atoms with van der Waals surface area (Å²) in [4.78, 5) is 11.9. The zero-order valence-electron chi connectivity index (χ0n) is 11.8. The summed E-state index contributed by atoms with van der Waals surface area (Å²) in [5, 5.41) is 3.51. The first kappa shape index (κ1) is 15.2. The van der Waals surface area contributed by atoms with Crippen molar-refractivity contribution in [2.24, 2.45) is 0 Å². The number of aryl methyl sites for hydroxylation is 2. The fraction of sp³-hybridized carbons (Fsp3) is 0.286. The van der Waals surface area contributed by atoms with Gasteiger partial charge in [0.15, 0.2) is 0 Å². The van der Waals surface area contributed by atoms with Crippen molar-refractivity contribution in [1.29, 1.82) is 0 Å². The van der Waals surface area contributed by atoms with E-state index >= 15 is 0 Å². The van der Waals surface area contributed by atoms with Crippen LogP contribution in [0.3, 0.4) is 0 Å². The van der Waals surface area contributed by atoms with E-state index in [1.54, 1.807) is 0 Å². The Morgan fingerprint density at radius 2 is 2.05 bits per heavy atom. The van der Waals surface area contributed by atoms with Gasteiger partial charge in [0.1, 0.15) is 17.7 Å². The third-order valence-corrected chi connectivity index (χ3v) is 4.17. The quantitative estimate of drug-likeness (QED) is 0.903. The standard InChI is InChI=1S/C14H16N2O4S/c1-10-3-4-11(2)12(7-10)8-14(17)16-21(18,19)9-13-5-6-20-15-13/h3-7H,8-9H2,1-2H3,(H,16,17). The summed E-state index contributed by atoms with van der Waals surface area (Å²) in [5.74, 6) is -0.950. The number of hydrogen-bond acceptors (Lipinski definition) is 5. The van der Waals surface area contributed by atoms with Crippen LogP contribution in [0.15, 0.2) is 35.1 Å². The number of hydrogen-bond donors (Lipinski definition) is 1. The number of amides is 1. The lowest BCUT2D eigenvalue weighted by molar-refractivity contribution is -0.118. The third-order valence-electron chi connectivity index (χ3n) is 2.95. The highest BCUT2D eigenvalue weighted by atomic mass is 32.2. The van der Waals surface area contributed by atoms with E-state index in [4.69, 9.17) is 0 Å². The Bertz CT molecular complexity index is 736. The van der Waals surface area contributed by atoms with E-state index in [1.165, 1.54) is 12.3 Å². The first-order valence-corrected chi connectivity index (χ1v) is 8.00. The molecule has 1 heterocycles. The van der Waals surface area contributed by atoms with E-state index < -0.39 is 15.9 Å². The van der Waals surface area contributed by atoms with Gasteiger partial charge in [-0.15, -0.1) is 0 Å². The summed E-state index contributed by atoms with van der Waals surface area (Å²) in [6.07, 6.45) is 1.30. The number of nitrogens with zero attached hydrogens (tertiary/aromatic N) is 1. The molecule has 0 aliphatic rings. The minimum atomic E-state index is -3.77. The monoisotopic (exact) mass is 308 g/mol. The number of nitrogens with one attached hydrogen (secondary N) is 1. The van der Waals surface area contributed by atoms with Gasteiger partial charge in [0, 0.05) is 6.07 Å². The van der Waals surface area contributed by atoms with Crippen LogP contribution in [0, 0.1) is 13.8 Å². The van der Waals surface area contributed by atoms with Crippen LogP contribution >= 0.6 is 0 Å². The molecule has 1 aromatic heterocycles. The van der Waals surface area contributed by atoms with Crippen molar-refractivity contribution >= 4 is 15.9 Å². The molecule has 0 radical (unpaired) electrons. The summed E-state index contributed by atoms with van der Waals surface area (Å²) in [6, 6.07) is 7.16. The second kappa shape index (κ2) is 6.09. The van der Waals surface area contributed by atoms with Crippen molar-refractivity contribution in [3.05, 3.63) is 52.9 Å². The molecule has 21 heavy (non-hydrogen) atoms. The molecule has 6 nitrogen and oxygen atoms in total. The molecule has 2 rings (SSSR count). The van der Waals surface area contributed by atoms with E-state index in [9.17, 15) is 13.2 Å². The van der Waals surface area contributed by atoms with Crippen LogP contribution in [-0.2, 0) is 27.0 Å². The minimum absolute atomic E-state index is 0.0194. The van der Waals surface area contributed by atoms with Gasteiger partial charge in [-0.05, 0) is 25.0 Å². The molecule has 2 aromatic rings. The van der Waals surface area contributed by atoms with Crippen LogP contribution in [0.1, 0.15) is 22.4 Å². The van der Waals surface area contributed by atoms with Gasteiger partial charge in [0.25, 0.3) is 0 Å². The highest BCUT2D eigenvalue weighted by Gasteiger charge is 2.17. The highest BCUT2D eigenvalue weighted by Crippen LogP contribution is 2.11. The SMILES string of the molecule is Cc1ccc(C)c(CC(=O)NS(=O)(=O)Cc2ccon2)c1. The Hall–Kier alpha value is -2.15. The van der Waals surface area contributed by atoms with Crippen LogP contribution in [0.5, 0.6) is 0 Å². The lowest BCUT2D eigenvalue weighted by Gasteiger charge is -2.08. The molecule has 0 aliphatic carbocycles. The normalized spacial score (nSPS) is 11.3. The Labute approximate surface area is 123 Å². The van der Waals surface area contributed by atoms with Crippen molar-refractivity contribution in [3.8, 4) is 0 Å². The second-order valence-corrected chi connectivity index (χ2v) is 6.60. The third kappa shape index (κ3) is 4.42. The maximum Gasteiger partial charge on any atom is 0.240 e. The molecular formula is C14H16N2O4S. The number of benzene rings is 1. The molecule has 0 unspecified atom stereocenters. The smallest absolute Gasteiger partial charge is 0.240 e. The molecule has 112 valence electrons. The second-order valence-electron chi connectivity index (χ2n) is 4.88. The highest BCUT2D eigenvalue weighted by molar-refractivity contribution is 7.89. The first-order valence-electron chi connectivity index (χ1n) is 6.34. The molecule has 0 spiro atoms. The van der Waals surface area contributed by atoms with Crippen molar-refractivity contribution in [1.82, 2.24) is 9.88 Å². The Balaban J connectivity index is 2.02. The van der Waals surface area contributed by atoms with Gasteiger partial charge in [-0.1, -0.05) is 28.9 Å². The molecule has 0 atom stereocenters. The molecule has 0 bridgehead atoms. The van der Waals surface area contributed by atoms with E-state index in [2.05, 4.69) is 9.68 Å². The average molecular weight is 308 g/mol. The molecule has 0 fully saturated rings. The molecule has 0 saturated carbocycles. The van der Waals surface area contributed by atoms with Gasteiger partial charge >= 0.3 is 0 Å². The van der Waals surface area contributed by atoms with Crippen LogP contribution < -0.4 is 4.72 Å². The van der Waals surface area contributed by atoms with Gasteiger partial charge in [0.05, 0.1) is 6.42 Å². The van der Waals surface area contributed by atoms with E-state index in [-0.39, 0.29) is 17.9 Å². The number of rotatable bonds is 5. The van der Waals surface area contributed by atoms with Crippen LogP contribution in [-0.4, -0.2) is 19.5 Å². The summed E-state index contributed by atoms with van der Waals surface area (Å²) >= 11 is 0. The van der Waals surface area contributed by atoms with Gasteiger partial charge in [-0.2, -0.15) is 0 Å². The van der Waals surface area contributed by atoms with Gasteiger partial charge in [-0.25, -0.2) is 8.42 Å². The molecule has 1 N–H and O–H groups in total. The lowest BCUT2D eigenvalue weighted by atomic mass is 10.0. The van der Waals surface area contributed by atoms with Gasteiger partial charge in [0.2, 0.25) is 15.9 Å². The molecular weight excluding hydrogens is 292 g/mol. The van der Waals surface area contributed by atoms with Gasteiger partial charge < -0.3 is 4.52 Å². The number of carbonyl (C=O) groups excluding carboxylic acids is 1. The molecule has 7 heteroatoms. The number of aromatic nitrogens is 1. The van der Waals surface area contributed by atoms with Crippen molar-refractivity contribution in [3.63, 3.8) is 0 Å². The Kier molecular flexibility index (Phi) is 4.42. The van der Waals surface area contributed by atoms with E-state index in [0.29, 0.717) is 0 Å². The Morgan fingerprint density at radius 3 is 2.71 bits per heavy atom. The summed E-state index contributed by atoms with van der Waals surface area (Å²) in [5.41, 5.74) is 3.03. The maximum atomic E-state index is 11.9. The zero-order valence-corrected chi connectivity index (χ0v) is 12.6. The predicted octanol–water partition coefficient (Wildman–Crippen LogP) is 1.48. The summed E-state index contributed by atoms with van der Waals surface area (Å²) < 4.78 is 30.3. The predicted molar refractivity (Wildman–Crippen MR) is 76.9 cm³/mol. The van der Waals surface area contributed by atoms with Crippen LogP contribution in [0.25, 0.3) is 0 Å². The molecule has 0 saturated heterocycles. The first-order chi connectivity index (χ1) is 9.85. The minimum Gasteiger partial charge on any atom is -0.364 e. The fourth-order valence-electron chi connectivity index (χ4n) is 1.92. The number of carbonyl (C=O) groups is 1. The maximum absolute atomic E-state index is 11.9. The lowest BCUT2D eigenvalue weighted by Crippen LogP contribution is -2.33. The Morgan fingerprint density at radius 1 is 1.29 bits per heavy atom. The largest absolute Gasteiger partial charge is 0.364 e. The number of sulfonamides is 1. The van der Waals surface area contributed by atoms with Crippen molar-refractivity contribution in [2.75, 3.05) is 0 Å². The van der Waals surface area contributed by atoms with Gasteiger partial charge in [-0.3, -0.25) is 9.52 Å². The average Bonchev–Trinajstić information content (AvgIpc) is 2.84. The summed E-state index contributed by atoms with van der Waals surface area (Å²) in [7, 11) is -3.77. The topological polar surface area (TPSA) is 89.3 Å². The summed E-state index contributed by atoms with van der Waals surface area (Å²) in [6.45, 7) is 3.80. The molecule has 0 aliphatic heterocycles. The van der Waals surface area contributed by atoms with E-state index in [0.717, 1.165) is 16.7 Å². The van der Waals surface area contributed by atoms with Crippen LogP contribution in [0.4, 0.5) is 0 Å². The zero-order chi connectivity index (χ0) is 15.5. The van der Waals surface area contributed by atoms with Crippen LogP contribution in [0.2, 0.25) is 0 Å². The molecule has 1 amide bonds. The van der Waals surface area contributed by atoms with E-state index in [1.807, 2.05) is 36.8 Å². The fourth-order valence-corrected chi connectivity index (χ4v) is 2.95.